The van der Waals surface area contributed by atoms with Gasteiger partial charge in [0, 0.05) is 36.0 Å². The Morgan fingerprint density at radius 3 is 2.97 bits per heavy atom. The number of hydrogen-bond acceptors (Lipinski definition) is 7. The Morgan fingerprint density at radius 1 is 1.47 bits per heavy atom. The van der Waals surface area contributed by atoms with Gasteiger partial charge in [-0.1, -0.05) is 36.9 Å². The molecule has 9 heteroatoms. The molecular formula is C25H30FN5O2S. The number of allylic oxidation sites excluding steroid dienone is 3. The van der Waals surface area contributed by atoms with Crippen molar-refractivity contribution in [1.29, 1.82) is 0 Å². The SMILES string of the molecule is C=CC(CC(=C(C)F)C(O)N1Cc2cnc(SC)nc2C1)Cc1n[nH]c(=O)c2c1CC(C)C=C2. The van der Waals surface area contributed by atoms with E-state index in [1.54, 1.807) is 17.2 Å². The summed E-state index contributed by atoms with van der Waals surface area (Å²) < 4.78 is 14.7. The van der Waals surface area contributed by atoms with E-state index in [9.17, 15) is 14.3 Å². The molecule has 0 radical (unpaired) electrons. The molecule has 2 N–H and O–H groups in total. The maximum Gasteiger partial charge on any atom is 0.271 e. The molecular weight excluding hydrogens is 453 g/mol. The van der Waals surface area contributed by atoms with E-state index in [-0.39, 0.29) is 11.5 Å². The van der Waals surface area contributed by atoms with Gasteiger partial charge in [-0.25, -0.2) is 19.5 Å². The fourth-order valence-corrected chi connectivity index (χ4v) is 4.97. The summed E-state index contributed by atoms with van der Waals surface area (Å²) >= 11 is 1.46. The molecule has 3 heterocycles. The summed E-state index contributed by atoms with van der Waals surface area (Å²) in [7, 11) is 0. The predicted octanol–water partition coefficient (Wildman–Crippen LogP) is 3.80. The molecule has 0 spiro atoms. The Kier molecular flexibility index (Phi) is 7.45. The Labute approximate surface area is 202 Å². The normalized spacial score (nSPS) is 19.9. The maximum absolute atomic E-state index is 14.7. The highest BCUT2D eigenvalue weighted by Crippen LogP contribution is 2.31. The average molecular weight is 484 g/mol. The first-order valence-electron chi connectivity index (χ1n) is 11.4. The van der Waals surface area contributed by atoms with Crippen molar-refractivity contribution >= 4 is 17.8 Å². The van der Waals surface area contributed by atoms with Crippen LogP contribution >= 0.6 is 11.8 Å². The van der Waals surface area contributed by atoms with Gasteiger partial charge in [0.15, 0.2) is 5.16 Å². The number of halogens is 1. The van der Waals surface area contributed by atoms with E-state index in [0.717, 1.165) is 28.9 Å². The van der Waals surface area contributed by atoms with E-state index < -0.39 is 12.1 Å². The van der Waals surface area contributed by atoms with Gasteiger partial charge in [0.2, 0.25) is 0 Å². The summed E-state index contributed by atoms with van der Waals surface area (Å²) in [4.78, 5) is 22.9. The van der Waals surface area contributed by atoms with Crippen molar-refractivity contribution in [2.45, 2.75) is 57.6 Å². The standard InChI is InChI=1S/C25H30FN5O2S/c1-5-16(10-21-20-8-14(2)6-7-18(20)23(32)30-29-21)9-19(15(3)26)24(33)31-12-17-11-27-25(34-4)28-22(17)13-31/h5-7,11,14,16,24,33H,1,8-10,12-13H2,2-4H3,(H,30,32). The molecule has 4 rings (SSSR count). The van der Waals surface area contributed by atoms with Gasteiger partial charge in [-0.05, 0) is 49.8 Å². The molecule has 2 aromatic heterocycles. The number of thioether (sulfide) groups is 1. The number of H-pyrrole nitrogens is 1. The monoisotopic (exact) mass is 483 g/mol. The number of fused-ring (bicyclic) bond motifs is 2. The number of hydrogen-bond donors (Lipinski definition) is 2. The van der Waals surface area contributed by atoms with Gasteiger partial charge < -0.3 is 5.11 Å². The van der Waals surface area contributed by atoms with Crippen LogP contribution < -0.4 is 5.56 Å². The smallest absolute Gasteiger partial charge is 0.271 e. The van der Waals surface area contributed by atoms with Gasteiger partial charge in [-0.3, -0.25) is 9.69 Å². The predicted molar refractivity (Wildman–Crippen MR) is 132 cm³/mol. The highest BCUT2D eigenvalue weighted by atomic mass is 32.2. The fraction of sp³-hybridized carbons (Fsp3) is 0.440. The Morgan fingerprint density at radius 2 is 2.26 bits per heavy atom. The van der Waals surface area contributed by atoms with Crippen LogP contribution in [0.1, 0.15) is 48.3 Å². The Hall–Kier alpha value is -2.62. The zero-order valence-electron chi connectivity index (χ0n) is 19.7. The second kappa shape index (κ2) is 10.3. The van der Waals surface area contributed by atoms with Crippen LogP contribution in [-0.2, 0) is 25.9 Å². The van der Waals surface area contributed by atoms with E-state index in [1.807, 2.05) is 18.4 Å². The first kappa shape index (κ1) is 24.5. The van der Waals surface area contributed by atoms with Crippen molar-refractivity contribution in [3.05, 3.63) is 74.8 Å². The summed E-state index contributed by atoms with van der Waals surface area (Å²) in [6, 6.07) is 0. The van der Waals surface area contributed by atoms with Gasteiger partial charge in [0.05, 0.1) is 17.2 Å². The number of aliphatic hydroxyl groups excluding tert-OH is 1. The minimum Gasteiger partial charge on any atom is -0.374 e. The average Bonchev–Trinajstić information content (AvgIpc) is 3.25. The molecule has 3 unspecified atom stereocenters. The van der Waals surface area contributed by atoms with Crippen LogP contribution in [0.3, 0.4) is 0 Å². The molecule has 0 amide bonds. The van der Waals surface area contributed by atoms with Crippen LogP contribution in [0.25, 0.3) is 6.08 Å². The lowest BCUT2D eigenvalue weighted by Gasteiger charge is -2.27. The summed E-state index contributed by atoms with van der Waals surface area (Å²) in [6.07, 6.45) is 9.78. The van der Waals surface area contributed by atoms with Gasteiger partial charge in [0.25, 0.3) is 5.56 Å². The second-order valence-corrected chi connectivity index (χ2v) is 9.78. The van der Waals surface area contributed by atoms with Crippen molar-refractivity contribution in [1.82, 2.24) is 25.1 Å². The molecule has 180 valence electrons. The van der Waals surface area contributed by atoms with Gasteiger partial charge in [0.1, 0.15) is 6.23 Å². The topological polar surface area (TPSA) is 95.0 Å². The van der Waals surface area contributed by atoms with Crippen molar-refractivity contribution in [3.63, 3.8) is 0 Å². The number of rotatable bonds is 8. The van der Waals surface area contributed by atoms with Crippen molar-refractivity contribution in [3.8, 4) is 0 Å². The highest BCUT2D eigenvalue weighted by molar-refractivity contribution is 7.98. The molecule has 2 aromatic rings. The lowest BCUT2D eigenvalue weighted by Crippen LogP contribution is -2.33. The Balaban J connectivity index is 1.52. The summed E-state index contributed by atoms with van der Waals surface area (Å²) in [6.45, 7) is 8.31. The molecule has 0 aromatic carbocycles. The largest absolute Gasteiger partial charge is 0.374 e. The second-order valence-electron chi connectivity index (χ2n) is 9.00. The quantitative estimate of drug-likeness (QED) is 0.335. The van der Waals surface area contributed by atoms with E-state index >= 15 is 0 Å². The molecule has 7 nitrogen and oxygen atoms in total. The van der Waals surface area contributed by atoms with Crippen LogP contribution in [0.15, 0.2) is 46.3 Å². The van der Waals surface area contributed by atoms with Crippen LogP contribution in [0, 0.1) is 11.8 Å². The minimum absolute atomic E-state index is 0.160. The lowest BCUT2D eigenvalue weighted by molar-refractivity contribution is 0.0234. The third kappa shape index (κ3) is 5.06. The van der Waals surface area contributed by atoms with Crippen LogP contribution in [-0.4, -0.2) is 42.7 Å². The van der Waals surface area contributed by atoms with Crippen LogP contribution in [0.2, 0.25) is 0 Å². The van der Waals surface area contributed by atoms with Crippen molar-refractivity contribution in [2.24, 2.45) is 11.8 Å². The third-order valence-corrected chi connectivity index (χ3v) is 7.10. The van der Waals surface area contributed by atoms with E-state index in [1.165, 1.54) is 18.7 Å². The summed E-state index contributed by atoms with van der Waals surface area (Å²) in [5.74, 6) is -0.250. The molecule has 0 saturated carbocycles. The zero-order chi connectivity index (χ0) is 24.4. The van der Waals surface area contributed by atoms with Gasteiger partial charge in [-0.2, -0.15) is 5.10 Å². The molecule has 1 aliphatic carbocycles. The summed E-state index contributed by atoms with van der Waals surface area (Å²) in [5.41, 5.74) is 4.29. The summed E-state index contributed by atoms with van der Waals surface area (Å²) in [5, 5.41) is 18.7. The minimum atomic E-state index is -1.08. The first-order chi connectivity index (χ1) is 16.3. The highest BCUT2D eigenvalue weighted by Gasteiger charge is 2.31. The number of nitrogens with zero attached hydrogens (tertiary/aromatic N) is 4. The zero-order valence-corrected chi connectivity index (χ0v) is 20.5. The molecule has 0 saturated heterocycles. The van der Waals surface area contributed by atoms with Gasteiger partial charge >= 0.3 is 0 Å². The van der Waals surface area contributed by atoms with Gasteiger partial charge in [-0.15, -0.1) is 6.58 Å². The fourth-order valence-electron chi connectivity index (χ4n) is 4.61. The number of aromatic amines is 1. The first-order valence-corrected chi connectivity index (χ1v) is 12.6. The number of aromatic nitrogens is 4. The maximum atomic E-state index is 14.7. The van der Waals surface area contributed by atoms with E-state index in [0.29, 0.717) is 48.1 Å². The third-order valence-electron chi connectivity index (χ3n) is 6.54. The Bertz CT molecular complexity index is 1200. The molecule has 0 fully saturated rings. The van der Waals surface area contributed by atoms with Crippen molar-refractivity contribution < 1.29 is 9.50 Å². The van der Waals surface area contributed by atoms with E-state index in [2.05, 4.69) is 33.7 Å². The molecule has 2 aliphatic rings. The molecule has 1 aliphatic heterocycles. The van der Waals surface area contributed by atoms with Crippen molar-refractivity contribution in [2.75, 3.05) is 6.26 Å². The van der Waals surface area contributed by atoms with E-state index in [4.69, 9.17) is 0 Å². The lowest BCUT2D eigenvalue weighted by atomic mass is 9.86. The molecule has 34 heavy (non-hydrogen) atoms. The number of aliphatic hydroxyl groups is 1. The molecule has 3 atom stereocenters. The molecule has 0 bridgehead atoms. The van der Waals surface area contributed by atoms with Crippen LogP contribution in [0.4, 0.5) is 4.39 Å². The van der Waals surface area contributed by atoms with Crippen LogP contribution in [0.5, 0.6) is 0 Å². The number of nitrogens with one attached hydrogen (secondary N) is 1.